The molecule has 0 aliphatic carbocycles. The zero-order chi connectivity index (χ0) is 14.8. The second-order valence-corrected chi connectivity index (χ2v) is 7.46. The first-order valence-electron chi connectivity index (χ1n) is 6.20. The quantitative estimate of drug-likeness (QED) is 0.922. The van der Waals surface area contributed by atoms with Crippen molar-refractivity contribution in [1.82, 2.24) is 5.32 Å². The average molecular weight is 283 g/mol. The maximum Gasteiger partial charge on any atom is 0.251 e. The second kappa shape index (κ2) is 5.33. The Morgan fingerprint density at radius 1 is 1.32 bits per heavy atom. The summed E-state index contributed by atoms with van der Waals surface area (Å²) in [7, 11) is -3.30. The molecule has 0 bridgehead atoms. The molecule has 1 aromatic carbocycles. The minimum absolute atomic E-state index is 0.164. The Labute approximate surface area is 115 Å². The van der Waals surface area contributed by atoms with Crippen LogP contribution in [-0.2, 0) is 9.84 Å². The standard InChI is InChI=1S/C14H21NO3S/c1-6-14(3,4)15-13(16)12-9-11(19(5,17)18)8-7-10(12)2/h7-9H,6H2,1-5H3,(H,15,16). The molecule has 1 amide bonds. The van der Waals surface area contributed by atoms with E-state index in [9.17, 15) is 13.2 Å². The molecule has 1 rings (SSSR count). The minimum atomic E-state index is -3.30. The highest BCUT2D eigenvalue weighted by Gasteiger charge is 2.21. The first-order chi connectivity index (χ1) is 8.57. The number of hydrogen-bond acceptors (Lipinski definition) is 3. The van der Waals surface area contributed by atoms with E-state index >= 15 is 0 Å². The van der Waals surface area contributed by atoms with Gasteiger partial charge in [-0.05, 0) is 44.9 Å². The summed E-state index contributed by atoms with van der Waals surface area (Å²) >= 11 is 0. The van der Waals surface area contributed by atoms with Crippen molar-refractivity contribution in [3.05, 3.63) is 29.3 Å². The summed E-state index contributed by atoms with van der Waals surface area (Å²) in [6, 6.07) is 4.61. The van der Waals surface area contributed by atoms with E-state index in [1.807, 2.05) is 20.8 Å². The highest BCUT2D eigenvalue weighted by molar-refractivity contribution is 7.90. The molecule has 0 heterocycles. The Morgan fingerprint density at radius 3 is 2.37 bits per heavy atom. The molecule has 0 aliphatic heterocycles. The molecule has 0 saturated heterocycles. The van der Waals surface area contributed by atoms with Crippen LogP contribution in [0.25, 0.3) is 0 Å². The minimum Gasteiger partial charge on any atom is -0.347 e. The molecule has 0 fully saturated rings. The molecule has 0 saturated carbocycles. The molecule has 0 aliphatic rings. The Bertz CT molecular complexity index is 589. The van der Waals surface area contributed by atoms with E-state index in [4.69, 9.17) is 0 Å². The van der Waals surface area contributed by atoms with Gasteiger partial charge in [-0.3, -0.25) is 4.79 Å². The van der Waals surface area contributed by atoms with Crippen molar-refractivity contribution in [3.8, 4) is 0 Å². The van der Waals surface area contributed by atoms with E-state index in [2.05, 4.69) is 5.32 Å². The molecule has 106 valence electrons. The van der Waals surface area contributed by atoms with E-state index in [1.54, 1.807) is 13.0 Å². The zero-order valence-corrected chi connectivity index (χ0v) is 12.9. The van der Waals surface area contributed by atoms with Crippen LogP contribution in [0.1, 0.15) is 43.1 Å². The molecule has 0 radical (unpaired) electrons. The number of benzene rings is 1. The van der Waals surface area contributed by atoms with Gasteiger partial charge in [0.1, 0.15) is 0 Å². The van der Waals surface area contributed by atoms with Crippen LogP contribution in [0.15, 0.2) is 23.1 Å². The Kier molecular flexibility index (Phi) is 4.40. The fraction of sp³-hybridized carbons (Fsp3) is 0.500. The number of amides is 1. The number of sulfone groups is 1. The van der Waals surface area contributed by atoms with Crippen LogP contribution in [0.4, 0.5) is 0 Å². The van der Waals surface area contributed by atoms with Gasteiger partial charge in [0.15, 0.2) is 9.84 Å². The van der Waals surface area contributed by atoms with Crippen LogP contribution >= 0.6 is 0 Å². The Hall–Kier alpha value is -1.36. The molecule has 0 spiro atoms. The normalized spacial score (nSPS) is 12.3. The van der Waals surface area contributed by atoms with Crippen molar-refractivity contribution >= 4 is 15.7 Å². The van der Waals surface area contributed by atoms with Crippen LogP contribution in [0.2, 0.25) is 0 Å². The fourth-order valence-corrected chi connectivity index (χ4v) is 2.19. The highest BCUT2D eigenvalue weighted by atomic mass is 32.2. The number of hydrogen-bond donors (Lipinski definition) is 1. The van der Waals surface area contributed by atoms with Crippen LogP contribution in [0.5, 0.6) is 0 Å². The fourth-order valence-electron chi connectivity index (χ4n) is 1.54. The third-order valence-electron chi connectivity index (χ3n) is 3.22. The molecule has 1 aromatic rings. The third kappa shape index (κ3) is 4.06. The number of rotatable bonds is 4. The van der Waals surface area contributed by atoms with Crippen molar-refractivity contribution in [2.75, 3.05) is 6.26 Å². The molecule has 0 unspecified atom stereocenters. The maximum absolute atomic E-state index is 12.2. The lowest BCUT2D eigenvalue weighted by molar-refractivity contribution is 0.0910. The van der Waals surface area contributed by atoms with Gasteiger partial charge in [-0.25, -0.2) is 8.42 Å². The van der Waals surface area contributed by atoms with Crippen molar-refractivity contribution < 1.29 is 13.2 Å². The lowest BCUT2D eigenvalue weighted by atomic mass is 10.0. The second-order valence-electron chi connectivity index (χ2n) is 5.44. The van der Waals surface area contributed by atoms with Gasteiger partial charge in [0.2, 0.25) is 0 Å². The Morgan fingerprint density at radius 2 is 1.89 bits per heavy atom. The molecule has 0 aromatic heterocycles. The monoisotopic (exact) mass is 283 g/mol. The van der Waals surface area contributed by atoms with Crippen LogP contribution in [-0.4, -0.2) is 26.1 Å². The summed E-state index contributed by atoms with van der Waals surface area (Å²) < 4.78 is 23.1. The van der Waals surface area contributed by atoms with Gasteiger partial charge in [-0.2, -0.15) is 0 Å². The van der Waals surface area contributed by atoms with Crippen molar-refractivity contribution in [3.63, 3.8) is 0 Å². The summed E-state index contributed by atoms with van der Waals surface area (Å²) in [4.78, 5) is 12.4. The van der Waals surface area contributed by atoms with E-state index in [0.29, 0.717) is 5.56 Å². The van der Waals surface area contributed by atoms with Crippen molar-refractivity contribution in [2.45, 2.75) is 44.6 Å². The lowest BCUT2D eigenvalue weighted by Gasteiger charge is -2.25. The smallest absolute Gasteiger partial charge is 0.251 e. The van der Waals surface area contributed by atoms with Gasteiger partial charge >= 0.3 is 0 Å². The number of carbonyl (C=O) groups excluding carboxylic acids is 1. The SMILES string of the molecule is CCC(C)(C)NC(=O)c1cc(S(C)(=O)=O)ccc1C. The van der Waals surface area contributed by atoms with Crippen molar-refractivity contribution in [2.24, 2.45) is 0 Å². The maximum atomic E-state index is 12.2. The van der Waals surface area contributed by atoms with Gasteiger partial charge in [-0.1, -0.05) is 13.0 Å². The van der Waals surface area contributed by atoms with E-state index in [0.717, 1.165) is 18.2 Å². The molecule has 0 atom stereocenters. The average Bonchev–Trinajstić information content (AvgIpc) is 2.27. The van der Waals surface area contributed by atoms with Gasteiger partial charge in [-0.15, -0.1) is 0 Å². The number of nitrogens with one attached hydrogen (secondary N) is 1. The largest absolute Gasteiger partial charge is 0.347 e. The first-order valence-corrected chi connectivity index (χ1v) is 8.09. The predicted octanol–water partition coefficient (Wildman–Crippen LogP) is 2.32. The topological polar surface area (TPSA) is 63.2 Å². The highest BCUT2D eigenvalue weighted by Crippen LogP contribution is 2.17. The lowest BCUT2D eigenvalue weighted by Crippen LogP contribution is -2.43. The molecular weight excluding hydrogens is 262 g/mol. The zero-order valence-electron chi connectivity index (χ0n) is 12.1. The van der Waals surface area contributed by atoms with Crippen molar-refractivity contribution in [1.29, 1.82) is 0 Å². The third-order valence-corrected chi connectivity index (χ3v) is 4.33. The van der Waals surface area contributed by atoms with E-state index in [-0.39, 0.29) is 16.3 Å². The van der Waals surface area contributed by atoms with E-state index in [1.165, 1.54) is 12.1 Å². The van der Waals surface area contributed by atoms with E-state index < -0.39 is 9.84 Å². The predicted molar refractivity (Wildman–Crippen MR) is 76.1 cm³/mol. The summed E-state index contributed by atoms with van der Waals surface area (Å²) in [5.74, 6) is -0.241. The molecule has 5 heteroatoms. The Balaban J connectivity index is 3.17. The molecule has 1 N–H and O–H groups in total. The summed E-state index contributed by atoms with van der Waals surface area (Å²) in [6.07, 6.45) is 1.93. The van der Waals surface area contributed by atoms with Crippen LogP contribution in [0.3, 0.4) is 0 Å². The number of aryl methyl sites for hydroxylation is 1. The summed E-state index contributed by atoms with van der Waals surface area (Å²) in [5.41, 5.74) is 0.853. The number of carbonyl (C=O) groups is 1. The van der Waals surface area contributed by atoms with Gasteiger partial charge in [0, 0.05) is 17.4 Å². The molecule has 4 nitrogen and oxygen atoms in total. The van der Waals surface area contributed by atoms with Gasteiger partial charge < -0.3 is 5.32 Å². The molecular formula is C14H21NO3S. The van der Waals surface area contributed by atoms with Gasteiger partial charge in [0.05, 0.1) is 4.90 Å². The summed E-state index contributed by atoms with van der Waals surface area (Å²) in [5, 5.41) is 2.91. The van der Waals surface area contributed by atoms with Crippen LogP contribution in [0, 0.1) is 6.92 Å². The van der Waals surface area contributed by atoms with Gasteiger partial charge in [0.25, 0.3) is 5.91 Å². The first kappa shape index (κ1) is 15.7. The van der Waals surface area contributed by atoms with Crippen LogP contribution < -0.4 is 5.32 Å². The molecule has 19 heavy (non-hydrogen) atoms. The summed E-state index contributed by atoms with van der Waals surface area (Å²) in [6.45, 7) is 7.64.